The molecule has 1 aromatic heterocycles. The van der Waals surface area contributed by atoms with Gasteiger partial charge in [0.15, 0.2) is 0 Å². The van der Waals surface area contributed by atoms with Crippen molar-refractivity contribution < 1.29 is 0 Å². The first-order valence-corrected chi connectivity index (χ1v) is 6.67. The number of hydrogen-bond acceptors (Lipinski definition) is 3. The molecule has 0 bridgehead atoms. The van der Waals surface area contributed by atoms with Crippen molar-refractivity contribution in [3.8, 4) is 0 Å². The zero-order chi connectivity index (χ0) is 10.7. The molecule has 2 nitrogen and oxygen atoms in total. The molecule has 1 heterocycles. The predicted octanol–water partition coefficient (Wildman–Crippen LogP) is 2.79. The van der Waals surface area contributed by atoms with E-state index in [-0.39, 0.29) is 6.04 Å². The van der Waals surface area contributed by atoms with Crippen molar-refractivity contribution in [3.63, 3.8) is 0 Å². The molecule has 84 valence electrons. The number of nitrogens with two attached hydrogens (primary N) is 1. The van der Waals surface area contributed by atoms with Crippen LogP contribution in [0.15, 0.2) is 12.1 Å². The van der Waals surface area contributed by atoms with Crippen molar-refractivity contribution in [3.05, 3.63) is 21.3 Å². The molecule has 3 N–H and O–H groups in total. The van der Waals surface area contributed by atoms with Gasteiger partial charge in [0.05, 0.1) is 10.4 Å². The van der Waals surface area contributed by atoms with E-state index < -0.39 is 0 Å². The zero-order valence-electron chi connectivity index (χ0n) is 8.71. The second-order valence-electron chi connectivity index (χ2n) is 4.12. The summed E-state index contributed by atoms with van der Waals surface area (Å²) in [7, 11) is 0. The third-order valence-electron chi connectivity index (χ3n) is 2.81. The lowest BCUT2D eigenvalue weighted by Gasteiger charge is -2.14. The van der Waals surface area contributed by atoms with Gasteiger partial charge in [-0.2, -0.15) is 0 Å². The van der Waals surface area contributed by atoms with Crippen LogP contribution < -0.4 is 11.1 Å². The number of rotatable bonds is 6. The lowest BCUT2D eigenvalue weighted by molar-refractivity contribution is 0.522. The van der Waals surface area contributed by atoms with Gasteiger partial charge in [0.1, 0.15) is 0 Å². The maximum Gasteiger partial charge on any atom is 0.0931 e. The zero-order valence-corrected chi connectivity index (χ0v) is 10.3. The van der Waals surface area contributed by atoms with Crippen LogP contribution >= 0.6 is 22.9 Å². The Bertz CT molecular complexity index is 309. The van der Waals surface area contributed by atoms with Crippen molar-refractivity contribution in [2.45, 2.75) is 25.3 Å². The molecule has 1 saturated carbocycles. The molecular formula is C11H17ClN2S. The summed E-state index contributed by atoms with van der Waals surface area (Å²) < 4.78 is 0.840. The average molecular weight is 245 g/mol. The fraction of sp³-hybridized carbons (Fsp3) is 0.636. The fourth-order valence-electron chi connectivity index (χ4n) is 1.68. The highest BCUT2D eigenvalue weighted by atomic mass is 35.5. The Labute approximate surface area is 99.8 Å². The summed E-state index contributed by atoms with van der Waals surface area (Å²) in [4.78, 5) is 1.25. The molecule has 0 amide bonds. The van der Waals surface area contributed by atoms with E-state index in [1.54, 1.807) is 11.3 Å². The fourth-order valence-corrected chi connectivity index (χ4v) is 2.83. The number of hydrogen-bond donors (Lipinski definition) is 2. The van der Waals surface area contributed by atoms with Crippen LogP contribution in [0.3, 0.4) is 0 Å². The van der Waals surface area contributed by atoms with Gasteiger partial charge in [-0.3, -0.25) is 0 Å². The summed E-state index contributed by atoms with van der Waals surface area (Å²) >= 11 is 7.52. The molecule has 1 fully saturated rings. The van der Waals surface area contributed by atoms with E-state index in [1.807, 2.05) is 6.07 Å². The van der Waals surface area contributed by atoms with Crippen LogP contribution in [0.4, 0.5) is 0 Å². The lowest BCUT2D eigenvalue weighted by atomic mass is 10.2. The van der Waals surface area contributed by atoms with Crippen molar-refractivity contribution in [2.24, 2.45) is 11.7 Å². The van der Waals surface area contributed by atoms with Gasteiger partial charge in [-0.25, -0.2) is 0 Å². The number of thiophene rings is 1. The van der Waals surface area contributed by atoms with E-state index in [2.05, 4.69) is 11.4 Å². The van der Waals surface area contributed by atoms with Crippen LogP contribution in [-0.4, -0.2) is 13.1 Å². The SMILES string of the molecule is NCC(NCCC1CC1)c1ccc(Cl)s1. The highest BCUT2D eigenvalue weighted by Gasteiger charge is 2.21. The Morgan fingerprint density at radius 2 is 2.33 bits per heavy atom. The van der Waals surface area contributed by atoms with Gasteiger partial charge in [-0.15, -0.1) is 11.3 Å². The van der Waals surface area contributed by atoms with Gasteiger partial charge >= 0.3 is 0 Å². The van der Waals surface area contributed by atoms with Crippen molar-refractivity contribution >= 4 is 22.9 Å². The van der Waals surface area contributed by atoms with E-state index in [4.69, 9.17) is 17.3 Å². The first kappa shape index (κ1) is 11.4. The van der Waals surface area contributed by atoms with Gasteiger partial charge in [0.25, 0.3) is 0 Å². The molecule has 1 aromatic rings. The molecular weight excluding hydrogens is 228 g/mol. The monoisotopic (exact) mass is 244 g/mol. The number of nitrogens with one attached hydrogen (secondary N) is 1. The normalized spacial score (nSPS) is 18.0. The van der Waals surface area contributed by atoms with Crippen molar-refractivity contribution in [1.82, 2.24) is 5.32 Å². The third-order valence-corrected chi connectivity index (χ3v) is 4.16. The van der Waals surface area contributed by atoms with Gasteiger partial charge < -0.3 is 11.1 Å². The highest BCUT2D eigenvalue weighted by Crippen LogP contribution is 2.32. The molecule has 4 heteroatoms. The van der Waals surface area contributed by atoms with Gasteiger partial charge in [0, 0.05) is 11.4 Å². The van der Waals surface area contributed by atoms with Gasteiger partial charge in [-0.1, -0.05) is 24.4 Å². The highest BCUT2D eigenvalue weighted by molar-refractivity contribution is 7.16. The van der Waals surface area contributed by atoms with Crippen LogP contribution in [-0.2, 0) is 0 Å². The predicted molar refractivity (Wildman–Crippen MR) is 66.5 cm³/mol. The van der Waals surface area contributed by atoms with Gasteiger partial charge in [0.2, 0.25) is 0 Å². The van der Waals surface area contributed by atoms with Crippen LogP contribution in [0.5, 0.6) is 0 Å². The Morgan fingerprint density at radius 3 is 2.87 bits per heavy atom. The van der Waals surface area contributed by atoms with Crippen LogP contribution in [0, 0.1) is 5.92 Å². The molecule has 1 atom stereocenters. The minimum absolute atomic E-state index is 0.279. The molecule has 0 aliphatic heterocycles. The minimum Gasteiger partial charge on any atom is -0.329 e. The van der Waals surface area contributed by atoms with Crippen LogP contribution in [0.2, 0.25) is 4.34 Å². The maximum atomic E-state index is 5.91. The first-order valence-electron chi connectivity index (χ1n) is 5.48. The smallest absolute Gasteiger partial charge is 0.0931 e. The molecule has 1 aliphatic rings. The molecule has 0 spiro atoms. The van der Waals surface area contributed by atoms with Crippen LogP contribution in [0.1, 0.15) is 30.2 Å². The largest absolute Gasteiger partial charge is 0.329 e. The third kappa shape index (κ3) is 3.45. The van der Waals surface area contributed by atoms with E-state index in [9.17, 15) is 0 Å². The van der Waals surface area contributed by atoms with E-state index in [1.165, 1.54) is 24.1 Å². The second-order valence-corrected chi connectivity index (χ2v) is 5.86. The Kier molecular flexibility index (Phi) is 4.03. The summed E-state index contributed by atoms with van der Waals surface area (Å²) in [5, 5.41) is 3.50. The molecule has 2 rings (SSSR count). The molecule has 1 aliphatic carbocycles. The lowest BCUT2D eigenvalue weighted by Crippen LogP contribution is -2.28. The molecule has 0 radical (unpaired) electrons. The van der Waals surface area contributed by atoms with Crippen molar-refractivity contribution in [1.29, 1.82) is 0 Å². The topological polar surface area (TPSA) is 38.0 Å². The Morgan fingerprint density at radius 1 is 1.53 bits per heavy atom. The summed E-state index contributed by atoms with van der Waals surface area (Å²) in [6.45, 7) is 1.71. The molecule has 0 aromatic carbocycles. The number of halogens is 1. The maximum absolute atomic E-state index is 5.91. The summed E-state index contributed by atoms with van der Waals surface area (Å²) in [6.07, 6.45) is 4.12. The molecule has 0 saturated heterocycles. The summed E-state index contributed by atoms with van der Waals surface area (Å²) in [6, 6.07) is 4.28. The standard InChI is InChI=1S/C11H17ClN2S/c12-11-4-3-10(15-11)9(7-13)14-6-5-8-1-2-8/h3-4,8-9,14H,1-2,5-7,13H2. The summed E-state index contributed by atoms with van der Waals surface area (Å²) in [5.41, 5.74) is 5.75. The van der Waals surface area contributed by atoms with E-state index in [0.717, 1.165) is 16.8 Å². The average Bonchev–Trinajstić information content (AvgIpc) is 2.96. The molecule has 1 unspecified atom stereocenters. The van der Waals surface area contributed by atoms with Crippen LogP contribution in [0.25, 0.3) is 0 Å². The minimum atomic E-state index is 0.279. The summed E-state index contributed by atoms with van der Waals surface area (Å²) in [5.74, 6) is 0.975. The first-order chi connectivity index (χ1) is 7.29. The van der Waals surface area contributed by atoms with Gasteiger partial charge in [-0.05, 0) is 31.0 Å². The molecule has 15 heavy (non-hydrogen) atoms. The quantitative estimate of drug-likeness (QED) is 0.808. The Balaban J connectivity index is 1.80. The Hall–Kier alpha value is -0.0900. The van der Waals surface area contributed by atoms with E-state index in [0.29, 0.717) is 6.54 Å². The second kappa shape index (κ2) is 5.30. The van der Waals surface area contributed by atoms with E-state index >= 15 is 0 Å². The van der Waals surface area contributed by atoms with Crippen molar-refractivity contribution in [2.75, 3.05) is 13.1 Å².